The Hall–Kier alpha value is -3.41. The van der Waals surface area contributed by atoms with Gasteiger partial charge in [0.05, 0.1) is 16.8 Å². The number of hydrogen-bond acceptors (Lipinski definition) is 4. The van der Waals surface area contributed by atoms with Gasteiger partial charge in [-0.1, -0.05) is 0 Å². The highest BCUT2D eigenvalue weighted by atomic mass is 19.1. The van der Waals surface area contributed by atoms with Crippen molar-refractivity contribution < 1.29 is 18.7 Å². The molecule has 5 rings (SSSR count). The molecule has 0 spiro atoms. The first kappa shape index (κ1) is 16.7. The monoisotopic (exact) mass is 376 g/mol. The van der Waals surface area contributed by atoms with Gasteiger partial charge in [-0.05, 0) is 67.3 Å². The van der Waals surface area contributed by atoms with Crippen LogP contribution in [0.5, 0.6) is 0 Å². The van der Waals surface area contributed by atoms with Crippen molar-refractivity contribution >= 4 is 33.5 Å². The summed E-state index contributed by atoms with van der Waals surface area (Å²) < 4.78 is 19.5. The maximum Gasteiger partial charge on any atom is 0.335 e. The Labute approximate surface area is 159 Å². The number of halogens is 1. The summed E-state index contributed by atoms with van der Waals surface area (Å²) in [5.41, 5.74) is 2.89. The van der Waals surface area contributed by atoms with Crippen molar-refractivity contribution in [2.45, 2.75) is 12.8 Å². The van der Waals surface area contributed by atoms with Crippen LogP contribution in [-0.2, 0) is 0 Å². The number of hydrogen-bond donors (Lipinski definition) is 2. The highest BCUT2D eigenvalue weighted by molar-refractivity contribution is 5.96. The molecule has 4 aromatic rings. The molecule has 0 saturated heterocycles. The van der Waals surface area contributed by atoms with Crippen LogP contribution in [-0.4, -0.2) is 22.6 Å². The van der Waals surface area contributed by atoms with Gasteiger partial charge in [0.1, 0.15) is 17.1 Å². The topological polar surface area (TPSA) is 75.4 Å². The second-order valence-electron chi connectivity index (χ2n) is 7.21. The minimum atomic E-state index is -0.974. The zero-order chi connectivity index (χ0) is 19.3. The van der Waals surface area contributed by atoms with Crippen molar-refractivity contribution in [2.24, 2.45) is 5.92 Å². The van der Waals surface area contributed by atoms with E-state index in [4.69, 9.17) is 9.40 Å². The lowest BCUT2D eigenvalue weighted by molar-refractivity contribution is 0.0697. The predicted octanol–water partition coefficient (Wildman–Crippen LogP) is 5.31. The number of aromatic carboxylic acids is 1. The number of furan rings is 1. The highest BCUT2D eigenvalue weighted by Gasteiger charge is 2.22. The Morgan fingerprint density at radius 2 is 2.00 bits per heavy atom. The minimum Gasteiger partial charge on any atom is -0.478 e. The third-order valence-corrected chi connectivity index (χ3v) is 5.05. The lowest BCUT2D eigenvalue weighted by Gasteiger charge is -2.11. The molecule has 140 valence electrons. The van der Waals surface area contributed by atoms with Gasteiger partial charge in [0, 0.05) is 17.3 Å². The van der Waals surface area contributed by atoms with E-state index in [-0.39, 0.29) is 11.4 Å². The van der Waals surface area contributed by atoms with Crippen LogP contribution in [0.25, 0.3) is 33.3 Å². The Morgan fingerprint density at radius 1 is 1.14 bits per heavy atom. The van der Waals surface area contributed by atoms with E-state index in [9.17, 15) is 14.3 Å². The smallest absolute Gasteiger partial charge is 0.335 e. The fourth-order valence-corrected chi connectivity index (χ4v) is 3.34. The van der Waals surface area contributed by atoms with E-state index in [1.807, 2.05) is 6.07 Å². The Morgan fingerprint density at radius 3 is 2.79 bits per heavy atom. The fourth-order valence-electron chi connectivity index (χ4n) is 3.34. The van der Waals surface area contributed by atoms with Crippen molar-refractivity contribution in [3.05, 3.63) is 59.9 Å². The number of nitrogens with zero attached hydrogens (tertiary/aromatic N) is 1. The van der Waals surface area contributed by atoms with E-state index >= 15 is 0 Å². The molecular weight excluding hydrogens is 359 g/mol. The quantitative estimate of drug-likeness (QED) is 0.494. The summed E-state index contributed by atoms with van der Waals surface area (Å²) in [6.07, 6.45) is 2.41. The highest BCUT2D eigenvalue weighted by Crippen LogP contribution is 2.36. The average Bonchev–Trinajstić information content (AvgIpc) is 3.42. The van der Waals surface area contributed by atoms with Crippen molar-refractivity contribution in [3.8, 4) is 11.5 Å². The Balaban J connectivity index is 1.66. The number of nitrogens with one attached hydrogen (secondary N) is 1. The molecule has 0 radical (unpaired) electrons. The molecule has 1 saturated carbocycles. The van der Waals surface area contributed by atoms with Crippen LogP contribution < -0.4 is 5.32 Å². The van der Waals surface area contributed by atoms with Crippen LogP contribution in [0, 0.1) is 11.7 Å². The van der Waals surface area contributed by atoms with Gasteiger partial charge in [-0.15, -0.1) is 0 Å². The Kier molecular flexibility index (Phi) is 3.79. The van der Waals surface area contributed by atoms with E-state index in [2.05, 4.69) is 5.32 Å². The van der Waals surface area contributed by atoms with Crippen LogP contribution in [0.15, 0.2) is 52.9 Å². The molecule has 0 amide bonds. The predicted molar refractivity (Wildman–Crippen MR) is 105 cm³/mol. The van der Waals surface area contributed by atoms with Crippen molar-refractivity contribution in [1.82, 2.24) is 4.98 Å². The number of aromatic nitrogens is 1. The van der Waals surface area contributed by atoms with Gasteiger partial charge in [0.15, 0.2) is 5.76 Å². The van der Waals surface area contributed by atoms with Gasteiger partial charge >= 0.3 is 5.97 Å². The largest absolute Gasteiger partial charge is 0.478 e. The molecule has 0 aliphatic heterocycles. The summed E-state index contributed by atoms with van der Waals surface area (Å²) in [6.45, 7) is 0.827. The number of anilines is 1. The zero-order valence-corrected chi connectivity index (χ0v) is 14.9. The molecule has 2 aromatic heterocycles. The number of rotatable bonds is 5. The lowest BCUT2D eigenvalue weighted by Crippen LogP contribution is -2.05. The molecule has 2 aromatic carbocycles. The van der Waals surface area contributed by atoms with Gasteiger partial charge in [-0.3, -0.25) is 0 Å². The van der Waals surface area contributed by atoms with Crippen LogP contribution in [0.2, 0.25) is 0 Å². The third-order valence-electron chi connectivity index (χ3n) is 5.05. The molecule has 1 fully saturated rings. The number of carboxylic acid groups (broad SMARTS) is 1. The molecule has 0 bridgehead atoms. The first-order valence-electron chi connectivity index (χ1n) is 9.18. The molecule has 0 atom stereocenters. The molecule has 2 heterocycles. The summed E-state index contributed by atoms with van der Waals surface area (Å²) >= 11 is 0. The third kappa shape index (κ3) is 3.07. The average molecular weight is 376 g/mol. The normalized spacial score (nSPS) is 13.9. The second-order valence-corrected chi connectivity index (χ2v) is 7.21. The molecule has 1 aliphatic carbocycles. The summed E-state index contributed by atoms with van der Waals surface area (Å²) in [6, 6.07) is 12.9. The van der Waals surface area contributed by atoms with Crippen LogP contribution in [0.3, 0.4) is 0 Å². The van der Waals surface area contributed by atoms with Gasteiger partial charge in [0.25, 0.3) is 0 Å². The maximum absolute atomic E-state index is 13.5. The summed E-state index contributed by atoms with van der Waals surface area (Å²) in [7, 11) is 0. The van der Waals surface area contributed by atoms with E-state index in [0.29, 0.717) is 33.9 Å². The van der Waals surface area contributed by atoms with Crippen molar-refractivity contribution in [2.75, 3.05) is 11.9 Å². The van der Waals surface area contributed by atoms with Gasteiger partial charge in [0.2, 0.25) is 0 Å². The van der Waals surface area contributed by atoms with E-state index in [1.54, 1.807) is 24.3 Å². The number of fused-ring (bicyclic) bond motifs is 2. The molecule has 1 aliphatic rings. The minimum absolute atomic E-state index is 0.217. The summed E-state index contributed by atoms with van der Waals surface area (Å²) in [4.78, 5) is 16.0. The first-order chi connectivity index (χ1) is 13.6. The maximum atomic E-state index is 13.5. The fraction of sp³-hybridized carbons (Fsp3) is 0.182. The standard InChI is InChI=1S/C22H17FN2O3/c23-16-4-6-19-15(8-16)10-20(28-19)21-18(24-11-12-1-2-12)9-14-7-13(22(26)27)3-5-17(14)25-21/h3-10,12,24H,1-2,11H2,(H,26,27). The first-order valence-corrected chi connectivity index (χ1v) is 9.18. The Bertz CT molecular complexity index is 1230. The van der Waals surface area contributed by atoms with Gasteiger partial charge < -0.3 is 14.8 Å². The molecule has 28 heavy (non-hydrogen) atoms. The van der Waals surface area contributed by atoms with Crippen molar-refractivity contribution in [1.29, 1.82) is 0 Å². The SMILES string of the molecule is O=C(O)c1ccc2nc(-c3cc4cc(F)ccc4o3)c(NCC3CC3)cc2c1. The van der Waals surface area contributed by atoms with Crippen molar-refractivity contribution in [3.63, 3.8) is 0 Å². The molecule has 5 nitrogen and oxygen atoms in total. The molecule has 2 N–H and O–H groups in total. The molecule has 0 unspecified atom stereocenters. The summed E-state index contributed by atoms with van der Waals surface area (Å²) in [5.74, 6) is -0.0980. The zero-order valence-electron chi connectivity index (χ0n) is 14.9. The molecular formula is C22H17FN2O3. The number of carboxylic acids is 1. The van der Waals surface area contributed by atoms with Crippen LogP contribution in [0.4, 0.5) is 10.1 Å². The summed E-state index contributed by atoms with van der Waals surface area (Å²) in [5, 5.41) is 14.1. The van der Waals surface area contributed by atoms with Gasteiger partial charge in [-0.2, -0.15) is 0 Å². The van der Waals surface area contributed by atoms with Gasteiger partial charge in [-0.25, -0.2) is 14.2 Å². The van der Waals surface area contributed by atoms with E-state index < -0.39 is 5.97 Å². The lowest BCUT2D eigenvalue weighted by atomic mass is 10.1. The van der Waals surface area contributed by atoms with Crippen LogP contribution in [0.1, 0.15) is 23.2 Å². The number of pyridine rings is 1. The number of benzene rings is 2. The molecule has 6 heteroatoms. The van der Waals surface area contributed by atoms with E-state index in [0.717, 1.165) is 17.6 Å². The number of carbonyl (C=O) groups is 1. The van der Waals surface area contributed by atoms with Crippen LogP contribution >= 0.6 is 0 Å². The second kappa shape index (κ2) is 6.34. The van der Waals surface area contributed by atoms with E-state index in [1.165, 1.54) is 31.0 Å².